The molecule has 2 heterocycles. The van der Waals surface area contributed by atoms with Crippen LogP contribution in [0.4, 0.5) is 5.69 Å². The minimum atomic E-state index is -0.0155. The molecule has 1 atom stereocenters. The minimum absolute atomic E-state index is 0.0155. The molecule has 0 aliphatic carbocycles. The number of aryl methyl sites for hydroxylation is 1. The van der Waals surface area contributed by atoms with Crippen molar-refractivity contribution < 1.29 is 9.59 Å². The molecule has 2 amide bonds. The SMILES string of the molecule is CC(=O)N1CN2C(=O)CCC2c2cc(C)ccc21. The van der Waals surface area contributed by atoms with Crippen LogP contribution in [0, 0.1) is 6.92 Å². The van der Waals surface area contributed by atoms with Crippen LogP contribution in [0.15, 0.2) is 18.2 Å². The van der Waals surface area contributed by atoms with Gasteiger partial charge in [-0.25, -0.2) is 0 Å². The molecule has 0 N–H and O–H groups in total. The average Bonchev–Trinajstić information content (AvgIpc) is 2.70. The lowest BCUT2D eigenvalue weighted by molar-refractivity contribution is -0.129. The zero-order valence-electron chi connectivity index (χ0n) is 10.6. The van der Waals surface area contributed by atoms with Crippen LogP contribution in [0.5, 0.6) is 0 Å². The maximum Gasteiger partial charge on any atom is 0.225 e. The van der Waals surface area contributed by atoms with E-state index in [1.54, 1.807) is 11.8 Å². The third kappa shape index (κ3) is 1.52. The van der Waals surface area contributed by atoms with Crippen molar-refractivity contribution in [1.29, 1.82) is 0 Å². The molecule has 0 aromatic heterocycles. The first-order valence-electron chi connectivity index (χ1n) is 6.26. The van der Waals surface area contributed by atoms with E-state index in [1.807, 2.05) is 24.0 Å². The molecule has 2 aliphatic heterocycles. The smallest absolute Gasteiger partial charge is 0.225 e. The molecule has 1 saturated heterocycles. The standard InChI is InChI=1S/C14H16N2O2/c1-9-3-4-12-11(7-9)13-5-6-14(18)16(13)8-15(12)10(2)17/h3-4,7,13H,5-6,8H2,1-2H3. The fraction of sp³-hybridized carbons (Fsp3) is 0.429. The summed E-state index contributed by atoms with van der Waals surface area (Å²) in [6.45, 7) is 3.98. The van der Waals surface area contributed by atoms with Gasteiger partial charge in [-0.15, -0.1) is 0 Å². The highest BCUT2D eigenvalue weighted by Gasteiger charge is 2.39. The second kappa shape index (κ2) is 3.83. The molecule has 94 valence electrons. The normalized spacial score (nSPS) is 21.9. The Kier molecular flexibility index (Phi) is 2.40. The van der Waals surface area contributed by atoms with Gasteiger partial charge in [0.1, 0.15) is 6.67 Å². The maximum atomic E-state index is 11.9. The van der Waals surface area contributed by atoms with Gasteiger partial charge in [0.25, 0.3) is 0 Å². The van der Waals surface area contributed by atoms with Gasteiger partial charge in [-0.05, 0) is 25.0 Å². The van der Waals surface area contributed by atoms with Crippen molar-refractivity contribution in [3.63, 3.8) is 0 Å². The number of carbonyl (C=O) groups excluding carboxylic acids is 2. The number of hydrogen-bond donors (Lipinski definition) is 0. The van der Waals surface area contributed by atoms with Crippen LogP contribution in [0.3, 0.4) is 0 Å². The van der Waals surface area contributed by atoms with Gasteiger partial charge in [0.2, 0.25) is 11.8 Å². The van der Waals surface area contributed by atoms with Gasteiger partial charge in [-0.1, -0.05) is 17.7 Å². The van der Waals surface area contributed by atoms with E-state index in [9.17, 15) is 9.59 Å². The predicted octanol–water partition coefficient (Wildman–Crippen LogP) is 1.98. The number of fused-ring (bicyclic) bond motifs is 3. The van der Waals surface area contributed by atoms with E-state index in [4.69, 9.17) is 0 Å². The van der Waals surface area contributed by atoms with Crippen LogP contribution in [0.1, 0.15) is 36.9 Å². The number of rotatable bonds is 0. The van der Waals surface area contributed by atoms with Crippen molar-refractivity contribution in [3.05, 3.63) is 29.3 Å². The number of carbonyl (C=O) groups is 2. The van der Waals surface area contributed by atoms with Gasteiger partial charge in [-0.3, -0.25) is 14.5 Å². The molecule has 2 aliphatic rings. The first-order chi connectivity index (χ1) is 8.58. The van der Waals surface area contributed by atoms with E-state index in [-0.39, 0.29) is 17.9 Å². The van der Waals surface area contributed by atoms with E-state index in [1.165, 1.54) is 5.56 Å². The van der Waals surface area contributed by atoms with Gasteiger partial charge in [0.05, 0.1) is 11.7 Å². The van der Waals surface area contributed by atoms with Crippen molar-refractivity contribution in [3.8, 4) is 0 Å². The summed E-state index contributed by atoms with van der Waals surface area (Å²) >= 11 is 0. The molecule has 1 aromatic rings. The van der Waals surface area contributed by atoms with Crippen LogP contribution >= 0.6 is 0 Å². The summed E-state index contributed by atoms with van der Waals surface area (Å²) in [6, 6.07) is 6.26. The lowest BCUT2D eigenvalue weighted by Crippen LogP contribution is -2.46. The highest BCUT2D eigenvalue weighted by molar-refractivity contribution is 5.94. The van der Waals surface area contributed by atoms with Gasteiger partial charge in [-0.2, -0.15) is 0 Å². The fourth-order valence-corrected chi connectivity index (χ4v) is 2.92. The van der Waals surface area contributed by atoms with E-state index >= 15 is 0 Å². The zero-order valence-corrected chi connectivity index (χ0v) is 10.6. The number of nitrogens with zero attached hydrogens (tertiary/aromatic N) is 2. The van der Waals surface area contributed by atoms with Crippen molar-refractivity contribution in [2.45, 2.75) is 32.7 Å². The molecule has 0 saturated carbocycles. The van der Waals surface area contributed by atoms with Crippen LogP contribution in [-0.4, -0.2) is 23.4 Å². The minimum Gasteiger partial charge on any atom is -0.317 e. The fourth-order valence-electron chi connectivity index (χ4n) is 2.92. The molecular weight excluding hydrogens is 228 g/mol. The molecule has 0 radical (unpaired) electrons. The number of hydrogen-bond acceptors (Lipinski definition) is 2. The first kappa shape index (κ1) is 11.3. The summed E-state index contributed by atoms with van der Waals surface area (Å²) in [7, 11) is 0. The lowest BCUT2D eigenvalue weighted by Gasteiger charge is -2.39. The van der Waals surface area contributed by atoms with Gasteiger partial charge in [0, 0.05) is 13.3 Å². The van der Waals surface area contributed by atoms with Crippen LogP contribution < -0.4 is 4.90 Å². The Bertz CT molecular complexity index is 539. The summed E-state index contributed by atoms with van der Waals surface area (Å²) in [5.41, 5.74) is 3.24. The molecule has 0 spiro atoms. The number of benzene rings is 1. The average molecular weight is 244 g/mol. The Labute approximate surface area is 106 Å². The molecule has 4 heteroatoms. The summed E-state index contributed by atoms with van der Waals surface area (Å²) in [5.74, 6) is 0.136. The summed E-state index contributed by atoms with van der Waals surface area (Å²) < 4.78 is 0. The Morgan fingerprint density at radius 2 is 2.17 bits per heavy atom. The van der Waals surface area contributed by atoms with Gasteiger partial charge in [0.15, 0.2) is 0 Å². The summed E-state index contributed by atoms with van der Waals surface area (Å²) in [4.78, 5) is 27.1. The summed E-state index contributed by atoms with van der Waals surface area (Å²) in [5, 5.41) is 0. The van der Waals surface area contributed by atoms with Crippen LogP contribution in [0.25, 0.3) is 0 Å². The van der Waals surface area contributed by atoms with Crippen molar-refractivity contribution in [2.75, 3.05) is 11.6 Å². The number of amides is 2. The van der Waals surface area contributed by atoms with Crippen molar-refractivity contribution in [2.24, 2.45) is 0 Å². The molecule has 1 aromatic carbocycles. The van der Waals surface area contributed by atoms with Crippen molar-refractivity contribution in [1.82, 2.24) is 4.90 Å². The van der Waals surface area contributed by atoms with E-state index in [2.05, 4.69) is 6.07 Å². The molecule has 18 heavy (non-hydrogen) atoms. The van der Waals surface area contributed by atoms with Crippen molar-refractivity contribution >= 4 is 17.5 Å². The molecule has 1 fully saturated rings. The Morgan fingerprint density at radius 1 is 1.39 bits per heavy atom. The first-order valence-corrected chi connectivity index (χ1v) is 6.26. The largest absolute Gasteiger partial charge is 0.317 e. The molecule has 3 rings (SSSR count). The molecule has 1 unspecified atom stereocenters. The molecular formula is C14H16N2O2. The maximum absolute atomic E-state index is 11.9. The Hall–Kier alpha value is -1.84. The monoisotopic (exact) mass is 244 g/mol. The summed E-state index contributed by atoms with van der Waals surface area (Å²) in [6.07, 6.45) is 1.45. The van der Waals surface area contributed by atoms with Crippen LogP contribution in [-0.2, 0) is 9.59 Å². The lowest BCUT2D eigenvalue weighted by atomic mass is 9.97. The Balaban J connectivity index is 2.14. The predicted molar refractivity (Wildman–Crippen MR) is 68.0 cm³/mol. The second-order valence-electron chi connectivity index (χ2n) is 5.07. The quantitative estimate of drug-likeness (QED) is 0.700. The highest BCUT2D eigenvalue weighted by atomic mass is 16.2. The molecule has 4 nitrogen and oxygen atoms in total. The van der Waals surface area contributed by atoms with E-state index in [0.29, 0.717) is 13.1 Å². The Morgan fingerprint density at radius 3 is 2.89 bits per heavy atom. The van der Waals surface area contributed by atoms with Gasteiger partial charge < -0.3 is 4.90 Å². The van der Waals surface area contributed by atoms with Crippen LogP contribution in [0.2, 0.25) is 0 Å². The zero-order chi connectivity index (χ0) is 12.9. The van der Waals surface area contributed by atoms with E-state index in [0.717, 1.165) is 17.7 Å². The van der Waals surface area contributed by atoms with E-state index < -0.39 is 0 Å². The highest BCUT2D eigenvalue weighted by Crippen LogP contribution is 2.42. The number of anilines is 1. The third-order valence-corrected chi connectivity index (χ3v) is 3.83. The van der Waals surface area contributed by atoms with Gasteiger partial charge >= 0.3 is 0 Å². The topological polar surface area (TPSA) is 40.6 Å². The second-order valence-corrected chi connectivity index (χ2v) is 5.07. The molecule has 0 bridgehead atoms. The third-order valence-electron chi connectivity index (χ3n) is 3.83.